The van der Waals surface area contributed by atoms with E-state index < -0.39 is 5.82 Å². The summed E-state index contributed by atoms with van der Waals surface area (Å²) in [6.45, 7) is 0. The first-order chi connectivity index (χ1) is 10.2. The second-order valence-corrected chi connectivity index (χ2v) is 5.44. The lowest BCUT2D eigenvalue weighted by Gasteiger charge is -2.07. The van der Waals surface area contributed by atoms with Crippen molar-refractivity contribution in [2.45, 2.75) is 18.9 Å². The summed E-state index contributed by atoms with van der Waals surface area (Å²) in [6, 6.07) is 4.93. The smallest absolute Gasteiger partial charge is 0.165 e. The van der Waals surface area contributed by atoms with Gasteiger partial charge in [0, 0.05) is 11.7 Å². The van der Waals surface area contributed by atoms with Crippen molar-refractivity contribution >= 4 is 34.3 Å². The summed E-state index contributed by atoms with van der Waals surface area (Å²) < 4.78 is 15.3. The molecule has 0 spiro atoms. The zero-order valence-corrected chi connectivity index (χ0v) is 11.7. The number of imidazole rings is 1. The summed E-state index contributed by atoms with van der Waals surface area (Å²) in [4.78, 5) is 12.9. The summed E-state index contributed by atoms with van der Waals surface area (Å²) in [5, 5.41) is 3.17. The Morgan fingerprint density at radius 3 is 2.86 bits per heavy atom. The quantitative estimate of drug-likeness (QED) is 0.801. The average molecular weight is 304 g/mol. The van der Waals surface area contributed by atoms with E-state index in [1.165, 1.54) is 18.5 Å². The van der Waals surface area contributed by atoms with Gasteiger partial charge in [0.25, 0.3) is 0 Å². The van der Waals surface area contributed by atoms with Crippen molar-refractivity contribution in [2.24, 2.45) is 0 Å². The van der Waals surface area contributed by atoms with Crippen molar-refractivity contribution < 1.29 is 4.39 Å². The van der Waals surface area contributed by atoms with Crippen LogP contribution in [-0.4, -0.2) is 19.5 Å². The second kappa shape index (κ2) is 4.66. The molecule has 0 saturated heterocycles. The Bertz CT molecular complexity index is 827. The van der Waals surface area contributed by atoms with Gasteiger partial charge in [-0.2, -0.15) is 0 Å². The van der Waals surface area contributed by atoms with Crippen molar-refractivity contribution in [3.8, 4) is 0 Å². The minimum Gasteiger partial charge on any atom is -0.338 e. The number of hydrogen-bond acceptors (Lipinski definition) is 4. The van der Waals surface area contributed by atoms with Crippen LogP contribution in [0.15, 0.2) is 30.9 Å². The van der Waals surface area contributed by atoms with E-state index in [9.17, 15) is 4.39 Å². The van der Waals surface area contributed by atoms with E-state index in [-0.39, 0.29) is 5.02 Å². The first-order valence-corrected chi connectivity index (χ1v) is 7.00. The number of fused-ring (bicyclic) bond motifs is 1. The zero-order valence-electron chi connectivity index (χ0n) is 10.9. The molecule has 0 aliphatic heterocycles. The van der Waals surface area contributed by atoms with E-state index in [0.29, 0.717) is 23.1 Å². The Morgan fingerprint density at radius 2 is 2.10 bits per heavy atom. The van der Waals surface area contributed by atoms with E-state index in [0.717, 1.165) is 18.5 Å². The summed E-state index contributed by atoms with van der Waals surface area (Å²) in [5.41, 5.74) is 2.16. The van der Waals surface area contributed by atoms with Crippen LogP contribution in [0.3, 0.4) is 0 Å². The number of rotatable bonds is 3. The molecule has 1 aliphatic carbocycles. The van der Waals surface area contributed by atoms with Gasteiger partial charge in [-0.15, -0.1) is 0 Å². The predicted molar refractivity (Wildman–Crippen MR) is 78.3 cm³/mol. The monoisotopic (exact) mass is 303 g/mol. The van der Waals surface area contributed by atoms with Crippen LogP contribution in [0.5, 0.6) is 0 Å². The number of hydrogen-bond donors (Lipinski definition) is 1. The molecule has 0 bridgehead atoms. The maximum atomic E-state index is 13.2. The highest BCUT2D eigenvalue weighted by atomic mass is 35.5. The van der Waals surface area contributed by atoms with E-state index in [1.807, 2.05) is 0 Å². The molecule has 1 fully saturated rings. The number of nitrogens with one attached hydrogen (secondary N) is 1. The van der Waals surface area contributed by atoms with Gasteiger partial charge in [0.1, 0.15) is 12.1 Å². The Balaban J connectivity index is 1.74. The predicted octanol–water partition coefficient (Wildman–Crippen LogP) is 3.70. The van der Waals surface area contributed by atoms with Gasteiger partial charge in [-0.25, -0.2) is 19.3 Å². The van der Waals surface area contributed by atoms with Crippen molar-refractivity contribution in [2.75, 3.05) is 5.32 Å². The molecule has 0 atom stereocenters. The average Bonchev–Trinajstić information content (AvgIpc) is 3.23. The third kappa shape index (κ3) is 2.21. The maximum Gasteiger partial charge on any atom is 0.165 e. The van der Waals surface area contributed by atoms with Crippen LogP contribution in [0.2, 0.25) is 5.02 Å². The molecule has 3 aromatic rings. The molecule has 7 heteroatoms. The largest absolute Gasteiger partial charge is 0.338 e. The lowest BCUT2D eigenvalue weighted by atomic mass is 10.3. The van der Waals surface area contributed by atoms with Crippen LogP contribution in [0.25, 0.3) is 11.2 Å². The highest BCUT2D eigenvalue weighted by Crippen LogP contribution is 2.37. The molecule has 1 saturated carbocycles. The second-order valence-electron chi connectivity index (χ2n) is 5.03. The van der Waals surface area contributed by atoms with Crippen LogP contribution >= 0.6 is 11.6 Å². The van der Waals surface area contributed by atoms with Crippen LogP contribution < -0.4 is 5.32 Å². The zero-order chi connectivity index (χ0) is 14.4. The normalized spacial score (nSPS) is 14.6. The highest BCUT2D eigenvalue weighted by molar-refractivity contribution is 6.31. The van der Waals surface area contributed by atoms with E-state index >= 15 is 0 Å². The van der Waals surface area contributed by atoms with Gasteiger partial charge in [0.15, 0.2) is 17.0 Å². The third-order valence-electron chi connectivity index (χ3n) is 3.48. The lowest BCUT2D eigenvalue weighted by molar-refractivity contribution is 0.628. The molecular weight excluding hydrogens is 293 g/mol. The SMILES string of the molecule is Fc1ccc(Nc2ncnc3c2ncn3C2CC2)cc1Cl. The fourth-order valence-electron chi connectivity index (χ4n) is 2.27. The molecule has 1 aliphatic rings. The topological polar surface area (TPSA) is 55.6 Å². The lowest BCUT2D eigenvalue weighted by Crippen LogP contribution is -1.98. The van der Waals surface area contributed by atoms with Crippen molar-refractivity contribution in [3.63, 3.8) is 0 Å². The van der Waals surface area contributed by atoms with Crippen LogP contribution in [0.4, 0.5) is 15.9 Å². The molecule has 2 aromatic heterocycles. The summed E-state index contributed by atoms with van der Waals surface area (Å²) in [5.74, 6) is 0.134. The van der Waals surface area contributed by atoms with Crippen LogP contribution in [0, 0.1) is 5.82 Å². The summed E-state index contributed by atoms with van der Waals surface area (Å²) >= 11 is 5.78. The molecule has 21 heavy (non-hydrogen) atoms. The first-order valence-electron chi connectivity index (χ1n) is 6.62. The molecule has 2 heterocycles. The summed E-state index contributed by atoms with van der Waals surface area (Å²) in [7, 11) is 0. The molecule has 1 N–H and O–H groups in total. The van der Waals surface area contributed by atoms with Gasteiger partial charge in [-0.3, -0.25) is 0 Å². The Kier molecular flexibility index (Phi) is 2.78. The number of nitrogens with zero attached hydrogens (tertiary/aromatic N) is 4. The van der Waals surface area contributed by atoms with Gasteiger partial charge in [-0.1, -0.05) is 11.6 Å². The minimum absolute atomic E-state index is 0.0637. The van der Waals surface area contributed by atoms with E-state index in [1.54, 1.807) is 12.4 Å². The van der Waals surface area contributed by atoms with Gasteiger partial charge in [-0.05, 0) is 31.0 Å². The Hall–Kier alpha value is -2.21. The molecule has 5 nitrogen and oxygen atoms in total. The molecule has 106 valence electrons. The van der Waals surface area contributed by atoms with Crippen molar-refractivity contribution in [1.29, 1.82) is 0 Å². The number of anilines is 2. The molecule has 0 unspecified atom stereocenters. The van der Waals surface area contributed by atoms with Crippen LogP contribution in [0.1, 0.15) is 18.9 Å². The van der Waals surface area contributed by atoms with E-state index in [2.05, 4.69) is 24.8 Å². The van der Waals surface area contributed by atoms with Gasteiger partial charge >= 0.3 is 0 Å². The van der Waals surface area contributed by atoms with Gasteiger partial charge in [0.05, 0.1) is 11.3 Å². The first kappa shape index (κ1) is 12.5. The standard InChI is InChI=1S/C14H11ClFN5/c15-10-5-8(1-4-11(10)16)20-13-12-14(18-6-17-13)21(7-19-12)9-2-3-9/h1,4-7,9H,2-3H2,(H,17,18,20). The molecule has 1 aromatic carbocycles. The fraction of sp³-hybridized carbons (Fsp3) is 0.214. The van der Waals surface area contributed by atoms with Crippen molar-refractivity contribution in [1.82, 2.24) is 19.5 Å². The molecule has 0 amide bonds. The Morgan fingerprint density at radius 1 is 1.24 bits per heavy atom. The minimum atomic E-state index is -0.451. The number of aromatic nitrogens is 4. The number of benzene rings is 1. The molecule has 4 rings (SSSR count). The Labute approximate surface area is 124 Å². The fourth-order valence-corrected chi connectivity index (χ4v) is 2.45. The van der Waals surface area contributed by atoms with Crippen molar-refractivity contribution in [3.05, 3.63) is 41.7 Å². The molecule has 0 radical (unpaired) electrons. The molecular formula is C14H11ClFN5. The summed E-state index contributed by atoms with van der Waals surface area (Å²) in [6.07, 6.45) is 5.60. The van der Waals surface area contributed by atoms with E-state index in [4.69, 9.17) is 11.6 Å². The van der Waals surface area contributed by atoms with Gasteiger partial charge in [0.2, 0.25) is 0 Å². The van der Waals surface area contributed by atoms with Crippen LogP contribution in [-0.2, 0) is 0 Å². The van der Waals surface area contributed by atoms with Gasteiger partial charge < -0.3 is 9.88 Å². The third-order valence-corrected chi connectivity index (χ3v) is 3.77. The highest BCUT2D eigenvalue weighted by Gasteiger charge is 2.26. The maximum absolute atomic E-state index is 13.2. The number of halogens is 2.